The minimum atomic E-state index is -0.363. The Kier molecular flexibility index (Phi) is 0.622. The van der Waals surface area contributed by atoms with Crippen molar-refractivity contribution in [2.24, 2.45) is 0 Å². The van der Waals surface area contributed by atoms with Crippen LogP contribution in [-0.2, 0) is 0 Å². The summed E-state index contributed by atoms with van der Waals surface area (Å²) in [6.07, 6.45) is 0. The van der Waals surface area contributed by atoms with E-state index in [1.807, 2.05) is 0 Å². The van der Waals surface area contributed by atoms with Gasteiger partial charge in [-0.15, -0.1) is 0 Å². The first-order valence-corrected chi connectivity index (χ1v) is 1.99. The van der Waals surface area contributed by atoms with E-state index in [1.165, 1.54) is 6.07 Å². The summed E-state index contributed by atoms with van der Waals surface area (Å²) >= 11 is 0. The van der Waals surface area contributed by atoms with Crippen molar-refractivity contribution in [1.29, 1.82) is 0 Å². The lowest BCUT2D eigenvalue weighted by molar-refractivity contribution is 1.28. The zero-order valence-corrected chi connectivity index (χ0v) is 3.89. The van der Waals surface area contributed by atoms with E-state index in [9.17, 15) is 9.59 Å². The van der Waals surface area contributed by atoms with Crippen LogP contribution >= 0.6 is 0 Å². The van der Waals surface area contributed by atoms with E-state index in [0.29, 0.717) is 5.56 Å². The normalized spacial score (nSPS) is 9.86. The van der Waals surface area contributed by atoms with Crippen LogP contribution in [0.25, 0.3) is 0 Å². The van der Waals surface area contributed by atoms with Crippen molar-refractivity contribution in [1.82, 2.24) is 0 Å². The average Bonchev–Trinajstić information content (AvgIpc) is 1.68. The van der Waals surface area contributed by atoms with E-state index in [2.05, 4.69) is 0 Å². The van der Waals surface area contributed by atoms with Crippen LogP contribution in [0.15, 0.2) is 15.7 Å². The molecule has 0 unspecified atom stereocenters. The maximum absolute atomic E-state index is 10.1. The second-order valence-corrected chi connectivity index (χ2v) is 1.52. The standard InChI is InChI=1S/C5H4O2/c1-3-2-4(6)5(3)7/h2H,1H3. The second-order valence-electron chi connectivity index (χ2n) is 1.52. The van der Waals surface area contributed by atoms with Crippen LogP contribution in [0.5, 0.6) is 0 Å². The average molecular weight is 96.1 g/mol. The fraction of sp³-hybridized carbons (Fsp3) is 0.200. The Morgan fingerprint density at radius 3 is 2.00 bits per heavy atom. The molecule has 0 fully saturated rings. The van der Waals surface area contributed by atoms with Gasteiger partial charge in [-0.2, -0.15) is 0 Å². The zero-order chi connectivity index (χ0) is 5.44. The number of hydrogen-bond donors (Lipinski definition) is 0. The van der Waals surface area contributed by atoms with Crippen molar-refractivity contribution in [3.8, 4) is 0 Å². The van der Waals surface area contributed by atoms with E-state index in [1.54, 1.807) is 6.92 Å². The first kappa shape index (κ1) is 4.24. The minimum absolute atomic E-state index is 0.333. The Hall–Kier alpha value is -0.920. The highest BCUT2D eigenvalue weighted by atomic mass is 16.2. The van der Waals surface area contributed by atoms with Crippen molar-refractivity contribution < 1.29 is 0 Å². The summed E-state index contributed by atoms with van der Waals surface area (Å²) in [5.74, 6) is 0. The molecule has 0 aliphatic heterocycles. The summed E-state index contributed by atoms with van der Waals surface area (Å²) in [6.45, 7) is 1.63. The fourth-order valence-electron chi connectivity index (χ4n) is 0.444. The Bertz CT molecular complexity index is 240. The third-order valence-electron chi connectivity index (χ3n) is 0.930. The van der Waals surface area contributed by atoms with E-state index < -0.39 is 0 Å². The summed E-state index contributed by atoms with van der Waals surface area (Å²) < 4.78 is 0. The quantitative estimate of drug-likeness (QED) is 0.411. The largest absolute Gasteiger partial charge is 0.286 e. The van der Waals surface area contributed by atoms with Crippen molar-refractivity contribution in [2.75, 3.05) is 0 Å². The molecule has 0 aliphatic rings. The Morgan fingerprint density at radius 2 is 2.00 bits per heavy atom. The van der Waals surface area contributed by atoms with Crippen molar-refractivity contribution in [2.45, 2.75) is 6.92 Å². The molecule has 1 aromatic carbocycles. The Labute approximate surface area is 40.1 Å². The molecule has 0 saturated carbocycles. The molecule has 36 valence electrons. The summed E-state index contributed by atoms with van der Waals surface area (Å²) in [4.78, 5) is 20.2. The molecular weight excluding hydrogens is 92.1 g/mol. The first-order chi connectivity index (χ1) is 3.22. The summed E-state index contributed by atoms with van der Waals surface area (Å²) in [7, 11) is 0. The minimum Gasteiger partial charge on any atom is -0.286 e. The zero-order valence-electron chi connectivity index (χ0n) is 3.89. The number of rotatable bonds is 0. The third kappa shape index (κ3) is 0.393. The lowest BCUT2D eigenvalue weighted by Gasteiger charge is -1.84. The van der Waals surface area contributed by atoms with Crippen molar-refractivity contribution in [3.05, 3.63) is 32.1 Å². The van der Waals surface area contributed by atoms with Gasteiger partial charge in [0, 0.05) is 5.56 Å². The van der Waals surface area contributed by atoms with Gasteiger partial charge in [-0.3, -0.25) is 9.59 Å². The third-order valence-corrected chi connectivity index (χ3v) is 0.930. The van der Waals surface area contributed by atoms with Crippen LogP contribution in [0.3, 0.4) is 0 Å². The molecule has 2 nitrogen and oxygen atoms in total. The Morgan fingerprint density at radius 1 is 1.43 bits per heavy atom. The van der Waals surface area contributed by atoms with Gasteiger partial charge in [0.25, 0.3) is 0 Å². The van der Waals surface area contributed by atoms with E-state index in [4.69, 9.17) is 0 Å². The topological polar surface area (TPSA) is 34.1 Å². The lowest BCUT2D eigenvalue weighted by Crippen LogP contribution is -2.31. The monoisotopic (exact) mass is 96.0 g/mol. The van der Waals surface area contributed by atoms with Gasteiger partial charge in [0.1, 0.15) is 0 Å². The van der Waals surface area contributed by atoms with Crippen LogP contribution in [0.2, 0.25) is 0 Å². The van der Waals surface area contributed by atoms with Gasteiger partial charge >= 0.3 is 0 Å². The molecule has 0 saturated heterocycles. The lowest BCUT2D eigenvalue weighted by atomic mass is 10.2. The van der Waals surface area contributed by atoms with E-state index >= 15 is 0 Å². The summed E-state index contributed by atoms with van der Waals surface area (Å²) in [6, 6.07) is 1.34. The molecule has 1 aromatic rings. The van der Waals surface area contributed by atoms with Crippen LogP contribution in [0.4, 0.5) is 0 Å². The van der Waals surface area contributed by atoms with Crippen LogP contribution in [0, 0.1) is 6.92 Å². The molecule has 0 spiro atoms. The van der Waals surface area contributed by atoms with Crippen molar-refractivity contribution >= 4 is 0 Å². The van der Waals surface area contributed by atoms with Gasteiger partial charge in [0.15, 0.2) is 0 Å². The number of hydrogen-bond acceptors (Lipinski definition) is 2. The predicted octanol–water partition coefficient (Wildman–Crippen LogP) is -0.409. The molecule has 0 N–H and O–H groups in total. The van der Waals surface area contributed by atoms with Gasteiger partial charge in [0.05, 0.1) is 0 Å². The molecule has 0 heterocycles. The number of aryl methyl sites for hydroxylation is 1. The molecule has 0 bridgehead atoms. The van der Waals surface area contributed by atoms with Gasteiger partial charge in [-0.05, 0) is 13.0 Å². The van der Waals surface area contributed by atoms with Gasteiger partial charge < -0.3 is 0 Å². The molecule has 1 rings (SSSR count). The highest BCUT2D eigenvalue weighted by molar-refractivity contribution is 5.16. The maximum atomic E-state index is 10.1. The predicted molar refractivity (Wildman–Crippen MR) is 26.1 cm³/mol. The second kappa shape index (κ2) is 1.03. The van der Waals surface area contributed by atoms with E-state index in [0.717, 1.165) is 0 Å². The molecule has 2 heteroatoms. The smallest absolute Gasteiger partial charge is 0.228 e. The molecule has 0 aromatic heterocycles. The highest BCUT2D eigenvalue weighted by Gasteiger charge is 2.00. The van der Waals surface area contributed by atoms with Gasteiger partial charge in [-0.25, -0.2) is 0 Å². The molecule has 0 atom stereocenters. The van der Waals surface area contributed by atoms with Gasteiger partial charge in [0.2, 0.25) is 10.9 Å². The van der Waals surface area contributed by atoms with Crippen LogP contribution in [0.1, 0.15) is 5.56 Å². The Balaban J connectivity index is 3.44. The molecular formula is C5H4O2. The summed E-state index contributed by atoms with van der Waals surface area (Å²) in [5, 5.41) is 0. The molecule has 0 aliphatic carbocycles. The maximum Gasteiger partial charge on any atom is 0.228 e. The van der Waals surface area contributed by atoms with Crippen LogP contribution in [-0.4, -0.2) is 0 Å². The molecule has 0 radical (unpaired) electrons. The van der Waals surface area contributed by atoms with Crippen LogP contribution < -0.4 is 10.9 Å². The molecule has 7 heavy (non-hydrogen) atoms. The fourth-order valence-corrected chi connectivity index (χ4v) is 0.444. The SMILES string of the molecule is Cc1cc(=O)c1=O. The van der Waals surface area contributed by atoms with Gasteiger partial charge in [-0.1, -0.05) is 0 Å². The first-order valence-electron chi connectivity index (χ1n) is 1.99. The highest BCUT2D eigenvalue weighted by Crippen LogP contribution is 1.77. The van der Waals surface area contributed by atoms with Crippen molar-refractivity contribution in [3.63, 3.8) is 0 Å². The summed E-state index contributed by atoms with van der Waals surface area (Å²) in [5.41, 5.74) is -0.123. The molecule has 0 amide bonds. The van der Waals surface area contributed by atoms with E-state index in [-0.39, 0.29) is 10.9 Å².